The number of anilines is 1. The summed E-state index contributed by atoms with van der Waals surface area (Å²) in [5.41, 5.74) is 0. The number of nitrogens with one attached hydrogen (secondary N) is 1. The number of sulfonamides is 1. The molecule has 9 heteroatoms. The molecular weight excluding hydrogens is 330 g/mol. The highest BCUT2D eigenvalue weighted by molar-refractivity contribution is 9.10. The minimum atomic E-state index is -3.66. The highest BCUT2D eigenvalue weighted by Gasteiger charge is 2.21. The van der Waals surface area contributed by atoms with Crippen LogP contribution in [0.4, 0.5) is 5.95 Å². The normalized spacial score (nSPS) is 11.6. The molecule has 0 aliphatic rings. The van der Waals surface area contributed by atoms with Gasteiger partial charge in [0.25, 0.3) is 16.0 Å². The van der Waals surface area contributed by atoms with Crippen molar-refractivity contribution < 1.29 is 12.9 Å². The van der Waals surface area contributed by atoms with Crippen molar-refractivity contribution in [2.24, 2.45) is 0 Å². The van der Waals surface area contributed by atoms with E-state index in [4.69, 9.17) is 4.52 Å². The standard InChI is InChI=1S/C8H8BrN3O3S2/c1-2-6-10-8(11-15-6)12-17(13,14)7-5(9)3-4-16-7/h3-4H,2H2,1H3,(H,11,12). The average molecular weight is 338 g/mol. The van der Waals surface area contributed by atoms with Crippen LogP contribution in [0.3, 0.4) is 0 Å². The van der Waals surface area contributed by atoms with Gasteiger partial charge in [0.2, 0.25) is 5.89 Å². The third-order valence-corrected chi connectivity index (χ3v) is 5.82. The summed E-state index contributed by atoms with van der Waals surface area (Å²) >= 11 is 4.27. The Bertz CT molecular complexity index is 620. The van der Waals surface area contributed by atoms with E-state index in [1.54, 1.807) is 11.4 Å². The van der Waals surface area contributed by atoms with Crippen LogP contribution in [-0.2, 0) is 16.4 Å². The van der Waals surface area contributed by atoms with Crippen LogP contribution in [0.1, 0.15) is 12.8 Å². The van der Waals surface area contributed by atoms with E-state index in [1.807, 2.05) is 6.92 Å². The minimum Gasteiger partial charge on any atom is -0.337 e. The maximum atomic E-state index is 11.9. The molecule has 0 spiro atoms. The fraction of sp³-hybridized carbons (Fsp3) is 0.250. The second-order valence-corrected chi connectivity index (χ2v) is 6.67. The molecule has 0 unspecified atom stereocenters. The fourth-order valence-corrected chi connectivity index (χ4v) is 4.35. The predicted octanol–water partition coefficient (Wildman–Crippen LogP) is 2.26. The van der Waals surface area contributed by atoms with Crippen LogP contribution in [0.5, 0.6) is 0 Å². The molecule has 0 aromatic carbocycles. The number of rotatable bonds is 4. The summed E-state index contributed by atoms with van der Waals surface area (Å²) in [6, 6.07) is 1.66. The third kappa shape index (κ3) is 2.67. The molecule has 2 heterocycles. The first-order valence-electron chi connectivity index (χ1n) is 4.61. The van der Waals surface area contributed by atoms with Gasteiger partial charge < -0.3 is 4.52 Å². The molecule has 2 aromatic heterocycles. The average Bonchev–Trinajstić information content (AvgIpc) is 2.86. The lowest BCUT2D eigenvalue weighted by atomic mass is 10.5. The smallest absolute Gasteiger partial charge is 0.277 e. The summed E-state index contributed by atoms with van der Waals surface area (Å²) in [4.78, 5) is 3.87. The molecule has 0 bridgehead atoms. The molecule has 0 aliphatic carbocycles. The van der Waals surface area contributed by atoms with Gasteiger partial charge in [-0.15, -0.1) is 11.3 Å². The molecule has 0 saturated heterocycles. The van der Waals surface area contributed by atoms with Gasteiger partial charge in [0.1, 0.15) is 0 Å². The van der Waals surface area contributed by atoms with Gasteiger partial charge in [-0.25, -0.2) is 13.1 Å². The predicted molar refractivity (Wildman–Crippen MR) is 66.5 cm³/mol. The van der Waals surface area contributed by atoms with Crippen molar-refractivity contribution in [1.29, 1.82) is 0 Å². The molecule has 1 N–H and O–H groups in total. The Kier molecular flexibility index (Phi) is 3.50. The molecule has 92 valence electrons. The maximum absolute atomic E-state index is 11.9. The Balaban J connectivity index is 2.26. The zero-order valence-corrected chi connectivity index (χ0v) is 11.9. The zero-order valence-electron chi connectivity index (χ0n) is 8.68. The van der Waals surface area contributed by atoms with Crippen molar-refractivity contribution in [1.82, 2.24) is 10.1 Å². The van der Waals surface area contributed by atoms with Crippen molar-refractivity contribution in [3.05, 3.63) is 21.8 Å². The van der Waals surface area contributed by atoms with Crippen LogP contribution in [0.25, 0.3) is 0 Å². The number of hydrogen-bond acceptors (Lipinski definition) is 6. The number of aryl methyl sites for hydroxylation is 1. The van der Waals surface area contributed by atoms with E-state index in [9.17, 15) is 8.42 Å². The highest BCUT2D eigenvalue weighted by atomic mass is 79.9. The first kappa shape index (κ1) is 12.5. The van der Waals surface area contributed by atoms with Crippen molar-refractivity contribution in [3.63, 3.8) is 0 Å². The van der Waals surface area contributed by atoms with Gasteiger partial charge >= 0.3 is 0 Å². The Labute approximate surface area is 110 Å². The van der Waals surface area contributed by atoms with Crippen LogP contribution in [0.15, 0.2) is 24.7 Å². The number of thiophene rings is 1. The van der Waals surface area contributed by atoms with E-state index in [0.717, 1.165) is 11.3 Å². The second kappa shape index (κ2) is 4.75. The molecule has 0 amide bonds. The molecule has 17 heavy (non-hydrogen) atoms. The van der Waals surface area contributed by atoms with Gasteiger partial charge in [0.05, 0.1) is 0 Å². The van der Waals surface area contributed by atoms with Crippen LogP contribution in [-0.4, -0.2) is 18.6 Å². The second-order valence-electron chi connectivity index (χ2n) is 3.03. The van der Waals surface area contributed by atoms with E-state index in [2.05, 4.69) is 30.8 Å². The molecule has 2 rings (SSSR count). The van der Waals surface area contributed by atoms with Crippen molar-refractivity contribution in [3.8, 4) is 0 Å². The quantitative estimate of drug-likeness (QED) is 0.924. The van der Waals surface area contributed by atoms with Crippen LogP contribution in [0, 0.1) is 0 Å². The molecule has 0 radical (unpaired) electrons. The van der Waals surface area contributed by atoms with Gasteiger partial charge in [-0.2, -0.15) is 4.98 Å². The van der Waals surface area contributed by atoms with E-state index in [-0.39, 0.29) is 10.2 Å². The van der Waals surface area contributed by atoms with Crippen LogP contribution in [0.2, 0.25) is 0 Å². The highest BCUT2D eigenvalue weighted by Crippen LogP contribution is 2.28. The van der Waals surface area contributed by atoms with E-state index >= 15 is 0 Å². The Morgan fingerprint density at radius 2 is 2.35 bits per heavy atom. The molecule has 0 aliphatic heterocycles. The summed E-state index contributed by atoms with van der Waals surface area (Å²) in [5, 5.41) is 5.20. The lowest BCUT2D eigenvalue weighted by Crippen LogP contribution is -2.13. The summed E-state index contributed by atoms with van der Waals surface area (Å²) in [5.74, 6) is 0.329. The third-order valence-electron chi connectivity index (χ3n) is 1.82. The van der Waals surface area contributed by atoms with Gasteiger partial charge in [0.15, 0.2) is 4.21 Å². The topological polar surface area (TPSA) is 85.1 Å². The Morgan fingerprint density at radius 1 is 1.59 bits per heavy atom. The zero-order chi connectivity index (χ0) is 12.5. The molecule has 0 saturated carbocycles. The summed E-state index contributed by atoms with van der Waals surface area (Å²) < 4.78 is 31.6. The Morgan fingerprint density at radius 3 is 2.88 bits per heavy atom. The van der Waals surface area contributed by atoms with E-state index in [1.165, 1.54) is 0 Å². The van der Waals surface area contributed by atoms with Crippen molar-refractivity contribution in [2.45, 2.75) is 17.6 Å². The van der Waals surface area contributed by atoms with Crippen molar-refractivity contribution >= 4 is 43.2 Å². The van der Waals surface area contributed by atoms with Gasteiger partial charge in [-0.1, -0.05) is 6.92 Å². The lowest BCUT2D eigenvalue weighted by Gasteiger charge is -2.01. The first-order chi connectivity index (χ1) is 8.03. The number of halogens is 1. The maximum Gasteiger partial charge on any atom is 0.277 e. The van der Waals surface area contributed by atoms with Gasteiger partial charge in [-0.3, -0.25) is 0 Å². The Hall–Kier alpha value is -0.930. The van der Waals surface area contributed by atoms with E-state index in [0.29, 0.717) is 16.8 Å². The molecule has 0 fully saturated rings. The number of nitrogens with zero attached hydrogens (tertiary/aromatic N) is 2. The SMILES string of the molecule is CCc1nc(NS(=O)(=O)c2sccc2Br)no1. The summed E-state index contributed by atoms with van der Waals surface area (Å²) in [7, 11) is -3.66. The monoisotopic (exact) mass is 337 g/mol. The minimum absolute atomic E-state index is 0.0536. The summed E-state index contributed by atoms with van der Waals surface area (Å²) in [6.45, 7) is 1.83. The van der Waals surface area contributed by atoms with Crippen LogP contribution >= 0.6 is 27.3 Å². The van der Waals surface area contributed by atoms with Gasteiger partial charge in [0, 0.05) is 10.9 Å². The van der Waals surface area contributed by atoms with Crippen LogP contribution < -0.4 is 4.72 Å². The summed E-state index contributed by atoms with van der Waals surface area (Å²) in [6.07, 6.45) is 0.553. The molecule has 2 aromatic rings. The van der Waals surface area contributed by atoms with Crippen molar-refractivity contribution in [2.75, 3.05) is 4.72 Å². The molecule has 6 nitrogen and oxygen atoms in total. The largest absolute Gasteiger partial charge is 0.337 e. The van der Waals surface area contributed by atoms with Gasteiger partial charge in [-0.05, 0) is 32.5 Å². The van der Waals surface area contributed by atoms with E-state index < -0.39 is 10.0 Å². The number of hydrogen-bond donors (Lipinski definition) is 1. The molecule has 0 atom stereocenters. The lowest BCUT2D eigenvalue weighted by molar-refractivity contribution is 0.383. The molecular formula is C8H8BrN3O3S2. The first-order valence-corrected chi connectivity index (χ1v) is 7.77. The number of aromatic nitrogens is 2. The fourth-order valence-electron chi connectivity index (χ4n) is 1.08.